The zero-order valence-corrected chi connectivity index (χ0v) is 8.71. The second-order valence-electron chi connectivity index (χ2n) is 3.03. The fraction of sp³-hybridized carbons (Fsp3) is 0.200. The average molecular weight is 205 g/mol. The zero-order chi connectivity index (χ0) is 9.97. The molecule has 2 N–H and O–H groups in total. The lowest BCUT2D eigenvalue weighted by molar-refractivity contribution is 1.01. The highest BCUT2D eigenvalue weighted by atomic mass is 32.1. The molecule has 3 nitrogen and oxygen atoms in total. The lowest BCUT2D eigenvalue weighted by atomic mass is 10.3. The molecule has 0 aromatic carbocycles. The van der Waals surface area contributed by atoms with E-state index in [2.05, 4.69) is 23.0 Å². The van der Waals surface area contributed by atoms with Crippen molar-refractivity contribution in [3.8, 4) is 10.7 Å². The Balaban J connectivity index is 2.33. The van der Waals surface area contributed by atoms with Crippen LogP contribution >= 0.6 is 11.3 Å². The van der Waals surface area contributed by atoms with Crippen molar-refractivity contribution in [3.05, 3.63) is 35.0 Å². The molecule has 14 heavy (non-hydrogen) atoms. The SMILES string of the molecule is Cc1ccc(-c2ncc(CN)cn2)s1. The first kappa shape index (κ1) is 9.30. The van der Waals surface area contributed by atoms with E-state index in [1.807, 2.05) is 6.07 Å². The zero-order valence-electron chi connectivity index (χ0n) is 7.90. The third-order valence-electron chi connectivity index (χ3n) is 1.90. The minimum atomic E-state index is 0.490. The standard InChI is InChI=1S/C10H11N3S/c1-7-2-3-9(14-7)10-12-5-8(4-11)6-13-10/h2-3,5-6H,4,11H2,1H3. The molecule has 0 spiro atoms. The number of aryl methyl sites for hydroxylation is 1. The third-order valence-corrected chi connectivity index (χ3v) is 2.90. The van der Waals surface area contributed by atoms with Crippen LogP contribution in [0.4, 0.5) is 0 Å². The predicted molar refractivity (Wildman–Crippen MR) is 58.0 cm³/mol. The molecule has 0 unspecified atom stereocenters. The Labute approximate surface area is 86.6 Å². The Morgan fingerprint density at radius 2 is 2.00 bits per heavy atom. The van der Waals surface area contributed by atoms with Gasteiger partial charge in [0, 0.05) is 29.4 Å². The molecule has 0 radical (unpaired) electrons. The van der Waals surface area contributed by atoms with Crippen LogP contribution in [0.2, 0.25) is 0 Å². The molecule has 0 aliphatic heterocycles. The molecule has 0 amide bonds. The van der Waals surface area contributed by atoms with Gasteiger partial charge in [0.05, 0.1) is 4.88 Å². The molecule has 0 bridgehead atoms. The minimum Gasteiger partial charge on any atom is -0.326 e. The van der Waals surface area contributed by atoms with Crippen molar-refractivity contribution in [3.63, 3.8) is 0 Å². The van der Waals surface area contributed by atoms with Gasteiger partial charge in [-0.1, -0.05) is 0 Å². The van der Waals surface area contributed by atoms with Gasteiger partial charge in [-0.05, 0) is 19.1 Å². The van der Waals surface area contributed by atoms with E-state index in [9.17, 15) is 0 Å². The molecule has 72 valence electrons. The van der Waals surface area contributed by atoms with Crippen LogP contribution in [0, 0.1) is 6.92 Å². The van der Waals surface area contributed by atoms with Gasteiger partial charge in [-0.25, -0.2) is 9.97 Å². The van der Waals surface area contributed by atoms with Gasteiger partial charge in [-0.2, -0.15) is 0 Å². The lowest BCUT2D eigenvalue weighted by Crippen LogP contribution is -1.98. The van der Waals surface area contributed by atoms with Gasteiger partial charge in [0.25, 0.3) is 0 Å². The number of hydrogen-bond donors (Lipinski definition) is 1. The second kappa shape index (κ2) is 3.86. The minimum absolute atomic E-state index is 0.490. The smallest absolute Gasteiger partial charge is 0.169 e. The van der Waals surface area contributed by atoms with Crippen LogP contribution in [-0.4, -0.2) is 9.97 Å². The molecule has 2 aromatic rings. The summed E-state index contributed by atoms with van der Waals surface area (Å²) in [4.78, 5) is 10.9. The molecule has 2 rings (SSSR count). The van der Waals surface area contributed by atoms with Crippen LogP contribution in [-0.2, 0) is 6.54 Å². The molecule has 0 atom stereocenters. The van der Waals surface area contributed by atoms with Gasteiger partial charge in [0.1, 0.15) is 0 Å². The molecule has 0 fully saturated rings. The fourth-order valence-electron chi connectivity index (χ4n) is 1.14. The van der Waals surface area contributed by atoms with Crippen molar-refractivity contribution >= 4 is 11.3 Å². The maximum atomic E-state index is 5.47. The summed E-state index contributed by atoms with van der Waals surface area (Å²) in [7, 11) is 0. The van der Waals surface area contributed by atoms with E-state index in [-0.39, 0.29) is 0 Å². The number of thiophene rings is 1. The van der Waals surface area contributed by atoms with Crippen LogP contribution < -0.4 is 5.73 Å². The molecular weight excluding hydrogens is 194 g/mol. The second-order valence-corrected chi connectivity index (χ2v) is 4.32. The first-order chi connectivity index (χ1) is 6.79. The molecule has 0 saturated carbocycles. The molecular formula is C10H11N3S. The number of aromatic nitrogens is 2. The number of hydrogen-bond acceptors (Lipinski definition) is 4. The molecule has 0 saturated heterocycles. The van der Waals surface area contributed by atoms with Crippen LogP contribution in [0.15, 0.2) is 24.5 Å². The highest BCUT2D eigenvalue weighted by Gasteiger charge is 2.02. The molecule has 4 heteroatoms. The first-order valence-electron chi connectivity index (χ1n) is 4.37. The quantitative estimate of drug-likeness (QED) is 0.815. The maximum Gasteiger partial charge on any atom is 0.169 e. The topological polar surface area (TPSA) is 51.8 Å². The van der Waals surface area contributed by atoms with Crippen LogP contribution in [0.3, 0.4) is 0 Å². The average Bonchev–Trinajstić information content (AvgIpc) is 2.65. The van der Waals surface area contributed by atoms with E-state index in [4.69, 9.17) is 5.73 Å². The van der Waals surface area contributed by atoms with Crippen LogP contribution in [0.1, 0.15) is 10.4 Å². The third kappa shape index (κ3) is 1.81. The number of rotatable bonds is 2. The summed E-state index contributed by atoms with van der Waals surface area (Å²) < 4.78 is 0. The van der Waals surface area contributed by atoms with E-state index in [0.29, 0.717) is 6.54 Å². The summed E-state index contributed by atoms with van der Waals surface area (Å²) in [5, 5.41) is 0. The van der Waals surface area contributed by atoms with Crippen LogP contribution in [0.5, 0.6) is 0 Å². The van der Waals surface area contributed by atoms with Crippen molar-refractivity contribution in [1.82, 2.24) is 9.97 Å². The van der Waals surface area contributed by atoms with Crippen molar-refractivity contribution < 1.29 is 0 Å². The van der Waals surface area contributed by atoms with E-state index in [0.717, 1.165) is 16.3 Å². The summed E-state index contributed by atoms with van der Waals surface area (Å²) in [6.45, 7) is 2.56. The van der Waals surface area contributed by atoms with E-state index >= 15 is 0 Å². The maximum absolute atomic E-state index is 5.47. The molecule has 2 aromatic heterocycles. The van der Waals surface area contributed by atoms with Gasteiger partial charge >= 0.3 is 0 Å². The van der Waals surface area contributed by atoms with Crippen molar-refractivity contribution in [2.45, 2.75) is 13.5 Å². The normalized spacial score (nSPS) is 10.4. The predicted octanol–water partition coefficient (Wildman–Crippen LogP) is 1.97. The Bertz CT molecular complexity index is 419. The largest absolute Gasteiger partial charge is 0.326 e. The summed E-state index contributed by atoms with van der Waals surface area (Å²) in [5.74, 6) is 0.778. The highest BCUT2D eigenvalue weighted by molar-refractivity contribution is 7.15. The summed E-state index contributed by atoms with van der Waals surface area (Å²) >= 11 is 1.70. The molecule has 0 aliphatic carbocycles. The Morgan fingerprint density at radius 3 is 2.50 bits per heavy atom. The summed E-state index contributed by atoms with van der Waals surface area (Å²) in [6, 6.07) is 4.11. The van der Waals surface area contributed by atoms with Gasteiger partial charge in [0.15, 0.2) is 5.82 Å². The van der Waals surface area contributed by atoms with Crippen molar-refractivity contribution in [2.24, 2.45) is 5.73 Å². The Hall–Kier alpha value is -1.26. The number of nitrogens with zero attached hydrogens (tertiary/aromatic N) is 2. The van der Waals surface area contributed by atoms with E-state index < -0.39 is 0 Å². The van der Waals surface area contributed by atoms with Crippen LogP contribution in [0.25, 0.3) is 10.7 Å². The lowest BCUT2D eigenvalue weighted by Gasteiger charge is -1.97. The Kier molecular flexibility index (Phi) is 2.56. The van der Waals surface area contributed by atoms with E-state index in [1.165, 1.54) is 4.88 Å². The Morgan fingerprint density at radius 1 is 1.29 bits per heavy atom. The first-order valence-corrected chi connectivity index (χ1v) is 5.19. The van der Waals surface area contributed by atoms with Crippen molar-refractivity contribution in [2.75, 3.05) is 0 Å². The van der Waals surface area contributed by atoms with Crippen molar-refractivity contribution in [1.29, 1.82) is 0 Å². The van der Waals surface area contributed by atoms with Gasteiger partial charge in [-0.3, -0.25) is 0 Å². The molecule has 0 aliphatic rings. The van der Waals surface area contributed by atoms with Gasteiger partial charge in [0.2, 0.25) is 0 Å². The highest BCUT2D eigenvalue weighted by Crippen LogP contribution is 2.23. The fourth-order valence-corrected chi connectivity index (χ4v) is 1.96. The summed E-state index contributed by atoms with van der Waals surface area (Å²) in [6.07, 6.45) is 3.55. The van der Waals surface area contributed by atoms with Gasteiger partial charge in [-0.15, -0.1) is 11.3 Å². The summed E-state index contributed by atoms with van der Waals surface area (Å²) in [5.41, 5.74) is 6.43. The number of nitrogens with two attached hydrogens (primary N) is 1. The molecule has 2 heterocycles. The monoisotopic (exact) mass is 205 g/mol. The van der Waals surface area contributed by atoms with E-state index in [1.54, 1.807) is 23.7 Å². The van der Waals surface area contributed by atoms with Gasteiger partial charge < -0.3 is 5.73 Å².